The highest BCUT2D eigenvalue weighted by Crippen LogP contribution is 2.23. The Hall–Kier alpha value is -1.75. The summed E-state index contributed by atoms with van der Waals surface area (Å²) in [5.74, 6) is 0.942. The van der Waals surface area contributed by atoms with Crippen LogP contribution < -0.4 is 10.5 Å². The largest absolute Gasteiger partial charge is 0.489 e. The Bertz CT molecular complexity index is 445. The van der Waals surface area contributed by atoms with Gasteiger partial charge in [-0.05, 0) is 24.1 Å². The predicted molar refractivity (Wildman–Crippen MR) is 80.0 cm³/mol. The number of ether oxygens (including phenoxy) is 2. The smallest absolute Gasteiger partial charge is 0.253 e. The van der Waals surface area contributed by atoms with Gasteiger partial charge in [0.25, 0.3) is 5.91 Å². The first kappa shape index (κ1) is 16.3. The summed E-state index contributed by atoms with van der Waals surface area (Å²) >= 11 is 0. The van der Waals surface area contributed by atoms with E-state index < -0.39 is 0 Å². The molecule has 0 saturated heterocycles. The van der Waals surface area contributed by atoms with E-state index in [-0.39, 0.29) is 5.91 Å². The maximum Gasteiger partial charge on any atom is 0.253 e. The monoisotopic (exact) mass is 280 g/mol. The van der Waals surface area contributed by atoms with Crippen LogP contribution in [0.25, 0.3) is 0 Å². The number of anilines is 1. The molecule has 112 valence electrons. The van der Waals surface area contributed by atoms with Crippen molar-refractivity contribution in [2.24, 2.45) is 5.92 Å². The highest BCUT2D eigenvalue weighted by Gasteiger charge is 2.11. The van der Waals surface area contributed by atoms with Gasteiger partial charge in [0.1, 0.15) is 12.4 Å². The molecule has 20 heavy (non-hydrogen) atoms. The summed E-state index contributed by atoms with van der Waals surface area (Å²) in [7, 11) is 3.41. The third-order valence-corrected chi connectivity index (χ3v) is 2.60. The topological polar surface area (TPSA) is 64.8 Å². The van der Waals surface area contributed by atoms with Crippen LogP contribution in [0.15, 0.2) is 18.2 Å². The summed E-state index contributed by atoms with van der Waals surface area (Å²) < 4.78 is 11.0. The SMILES string of the molecule is CC(C)COCCOc1cc(C(=O)N(C)C)ccc1N. The molecule has 1 aromatic carbocycles. The third kappa shape index (κ3) is 5.09. The van der Waals surface area contributed by atoms with Crippen molar-refractivity contribution in [3.8, 4) is 5.75 Å². The first-order chi connectivity index (χ1) is 9.41. The number of hydrogen-bond acceptors (Lipinski definition) is 4. The van der Waals surface area contributed by atoms with Gasteiger partial charge in [-0.25, -0.2) is 0 Å². The van der Waals surface area contributed by atoms with E-state index in [1.165, 1.54) is 4.90 Å². The van der Waals surface area contributed by atoms with Gasteiger partial charge in [-0.1, -0.05) is 13.8 Å². The number of nitrogen functional groups attached to an aromatic ring is 1. The molecule has 1 aromatic rings. The van der Waals surface area contributed by atoms with Crippen molar-refractivity contribution < 1.29 is 14.3 Å². The number of carbonyl (C=O) groups excluding carboxylic acids is 1. The minimum absolute atomic E-state index is 0.0779. The molecule has 0 radical (unpaired) electrons. The van der Waals surface area contributed by atoms with Crippen LogP contribution in [0.3, 0.4) is 0 Å². The number of benzene rings is 1. The molecule has 0 bridgehead atoms. The number of amides is 1. The average Bonchev–Trinajstić information content (AvgIpc) is 2.39. The zero-order valence-corrected chi connectivity index (χ0v) is 12.7. The van der Waals surface area contributed by atoms with E-state index in [0.717, 1.165) is 0 Å². The van der Waals surface area contributed by atoms with Crippen LogP contribution in [-0.4, -0.2) is 44.7 Å². The summed E-state index contributed by atoms with van der Waals surface area (Å²) in [6.45, 7) is 5.81. The van der Waals surface area contributed by atoms with Gasteiger partial charge < -0.3 is 20.1 Å². The predicted octanol–water partition coefficient (Wildman–Crippen LogP) is 2.02. The normalized spacial score (nSPS) is 10.7. The second-order valence-electron chi connectivity index (χ2n) is 5.27. The van der Waals surface area contributed by atoms with E-state index >= 15 is 0 Å². The van der Waals surface area contributed by atoms with Crippen LogP contribution >= 0.6 is 0 Å². The Balaban J connectivity index is 2.56. The minimum atomic E-state index is -0.0779. The molecule has 5 nitrogen and oxygen atoms in total. The first-order valence-corrected chi connectivity index (χ1v) is 6.73. The third-order valence-electron chi connectivity index (χ3n) is 2.60. The van der Waals surface area contributed by atoms with Crippen molar-refractivity contribution in [2.75, 3.05) is 39.6 Å². The molecule has 0 spiro atoms. The van der Waals surface area contributed by atoms with Crippen LogP contribution in [0.2, 0.25) is 0 Å². The van der Waals surface area contributed by atoms with E-state index in [0.29, 0.717) is 42.7 Å². The Kier molecular flexibility index (Phi) is 6.31. The van der Waals surface area contributed by atoms with Gasteiger partial charge in [0, 0.05) is 26.3 Å². The molecule has 0 aromatic heterocycles. The minimum Gasteiger partial charge on any atom is -0.489 e. The second-order valence-corrected chi connectivity index (χ2v) is 5.27. The lowest BCUT2D eigenvalue weighted by Crippen LogP contribution is -2.21. The molecule has 2 N–H and O–H groups in total. The molecular formula is C15H24N2O3. The van der Waals surface area contributed by atoms with Gasteiger partial charge in [0.05, 0.1) is 12.3 Å². The van der Waals surface area contributed by atoms with Crippen molar-refractivity contribution in [1.29, 1.82) is 0 Å². The highest BCUT2D eigenvalue weighted by molar-refractivity contribution is 5.94. The van der Waals surface area contributed by atoms with E-state index in [1.54, 1.807) is 32.3 Å². The van der Waals surface area contributed by atoms with Crippen molar-refractivity contribution >= 4 is 11.6 Å². The van der Waals surface area contributed by atoms with E-state index in [1.807, 2.05) is 0 Å². The fourth-order valence-corrected chi connectivity index (χ4v) is 1.58. The van der Waals surface area contributed by atoms with Gasteiger partial charge in [-0.2, -0.15) is 0 Å². The Morgan fingerprint density at radius 1 is 1.30 bits per heavy atom. The standard InChI is InChI=1S/C15H24N2O3/c1-11(2)10-19-7-8-20-14-9-12(5-6-13(14)16)15(18)17(3)4/h5-6,9,11H,7-8,10,16H2,1-4H3. The molecular weight excluding hydrogens is 256 g/mol. The number of rotatable bonds is 7. The maximum atomic E-state index is 11.9. The van der Waals surface area contributed by atoms with Crippen LogP contribution in [0.5, 0.6) is 5.75 Å². The molecule has 0 fully saturated rings. The highest BCUT2D eigenvalue weighted by atomic mass is 16.5. The number of carbonyl (C=O) groups is 1. The van der Waals surface area contributed by atoms with E-state index in [4.69, 9.17) is 15.2 Å². The average molecular weight is 280 g/mol. The molecule has 0 saturated carbocycles. The quantitative estimate of drug-likeness (QED) is 0.613. The van der Waals surface area contributed by atoms with Crippen molar-refractivity contribution in [1.82, 2.24) is 4.90 Å². The summed E-state index contributed by atoms with van der Waals surface area (Å²) in [4.78, 5) is 13.4. The van der Waals surface area contributed by atoms with Crippen LogP contribution in [0, 0.1) is 5.92 Å². The lowest BCUT2D eigenvalue weighted by atomic mass is 10.1. The number of nitrogens with two attached hydrogens (primary N) is 1. The van der Waals surface area contributed by atoms with Crippen LogP contribution in [-0.2, 0) is 4.74 Å². The summed E-state index contributed by atoms with van der Waals surface area (Å²) in [5, 5.41) is 0. The van der Waals surface area contributed by atoms with Crippen LogP contribution in [0.1, 0.15) is 24.2 Å². The summed E-state index contributed by atoms with van der Waals surface area (Å²) in [6, 6.07) is 5.04. The lowest BCUT2D eigenvalue weighted by Gasteiger charge is -2.14. The van der Waals surface area contributed by atoms with Gasteiger partial charge in [0.15, 0.2) is 0 Å². The summed E-state index contributed by atoms with van der Waals surface area (Å²) in [6.07, 6.45) is 0. The fraction of sp³-hybridized carbons (Fsp3) is 0.533. The molecule has 5 heteroatoms. The number of nitrogens with zero attached hydrogens (tertiary/aromatic N) is 1. The van der Waals surface area contributed by atoms with Crippen molar-refractivity contribution in [2.45, 2.75) is 13.8 Å². The van der Waals surface area contributed by atoms with Crippen LogP contribution in [0.4, 0.5) is 5.69 Å². The van der Waals surface area contributed by atoms with Gasteiger partial charge in [0.2, 0.25) is 0 Å². The zero-order chi connectivity index (χ0) is 15.1. The summed E-state index contributed by atoms with van der Waals surface area (Å²) in [5.41, 5.74) is 6.91. The molecule has 0 heterocycles. The first-order valence-electron chi connectivity index (χ1n) is 6.73. The molecule has 1 amide bonds. The molecule has 0 atom stereocenters. The maximum absolute atomic E-state index is 11.9. The fourth-order valence-electron chi connectivity index (χ4n) is 1.58. The van der Waals surface area contributed by atoms with Crippen molar-refractivity contribution in [3.05, 3.63) is 23.8 Å². The van der Waals surface area contributed by atoms with E-state index in [2.05, 4.69) is 13.8 Å². The molecule has 0 unspecified atom stereocenters. The van der Waals surface area contributed by atoms with Gasteiger partial charge >= 0.3 is 0 Å². The lowest BCUT2D eigenvalue weighted by molar-refractivity contribution is 0.0811. The van der Waals surface area contributed by atoms with Crippen molar-refractivity contribution in [3.63, 3.8) is 0 Å². The molecule has 0 aliphatic carbocycles. The molecule has 1 rings (SSSR count). The van der Waals surface area contributed by atoms with E-state index in [9.17, 15) is 4.79 Å². The Morgan fingerprint density at radius 3 is 2.60 bits per heavy atom. The molecule has 0 aliphatic rings. The zero-order valence-electron chi connectivity index (χ0n) is 12.7. The number of hydrogen-bond donors (Lipinski definition) is 1. The molecule has 0 aliphatic heterocycles. The Morgan fingerprint density at radius 2 is 2.00 bits per heavy atom. The Labute approximate surface area is 120 Å². The second kappa shape index (κ2) is 7.75. The van der Waals surface area contributed by atoms with Gasteiger partial charge in [-0.3, -0.25) is 4.79 Å². The van der Waals surface area contributed by atoms with Gasteiger partial charge in [-0.15, -0.1) is 0 Å².